The minimum absolute atomic E-state index is 0.107. The maximum Gasteiger partial charge on any atom is 0.306 e. The van der Waals surface area contributed by atoms with Gasteiger partial charge in [0.05, 0.1) is 23.3 Å². The van der Waals surface area contributed by atoms with E-state index in [2.05, 4.69) is 36.3 Å². The minimum Gasteiger partial charge on any atom is -0.507 e. The molecule has 8 rings (SSSR count). The maximum atomic E-state index is 11.2. The van der Waals surface area contributed by atoms with Gasteiger partial charge in [0, 0.05) is 55.6 Å². The van der Waals surface area contributed by atoms with Gasteiger partial charge in [-0.05, 0) is 81.3 Å². The Labute approximate surface area is 251 Å². The largest absolute Gasteiger partial charge is 0.507 e. The zero-order valence-corrected chi connectivity index (χ0v) is 24.3. The summed E-state index contributed by atoms with van der Waals surface area (Å²) in [7, 11) is 0. The van der Waals surface area contributed by atoms with Gasteiger partial charge in [-0.25, -0.2) is 9.97 Å². The van der Waals surface area contributed by atoms with Crippen molar-refractivity contribution in [2.24, 2.45) is 11.3 Å². The smallest absolute Gasteiger partial charge is 0.306 e. The number of aromatic nitrogens is 4. The summed E-state index contributed by atoms with van der Waals surface area (Å²) in [4.78, 5) is 28.4. The number of fused-ring (bicyclic) bond motifs is 3. The maximum absolute atomic E-state index is 11.2. The van der Waals surface area contributed by atoms with Gasteiger partial charge in [0.25, 0.3) is 0 Å². The third-order valence-corrected chi connectivity index (χ3v) is 10.7. The molecular formula is C32H38N8O3. The van der Waals surface area contributed by atoms with Crippen LogP contribution in [0.4, 0.5) is 17.5 Å². The Bertz CT molecular complexity index is 1530. The van der Waals surface area contributed by atoms with Crippen molar-refractivity contribution in [2.45, 2.75) is 56.5 Å². The lowest BCUT2D eigenvalue weighted by atomic mass is 9.49. The van der Waals surface area contributed by atoms with E-state index in [1.807, 2.05) is 24.4 Å². The first-order valence-electron chi connectivity index (χ1n) is 15.7. The molecule has 3 N–H and O–H groups in total. The monoisotopic (exact) mass is 582 g/mol. The predicted octanol–water partition coefficient (Wildman–Crippen LogP) is 3.58. The standard InChI is InChI=1S/C32H38N8O3/c41-28-4-2-1-3-24(28)26-13-27-29(37-36-26)34-18-23-19-39(11-12-40(23)27)31-33-8-5-25(35-31)20-6-9-38(10-7-20)22-16-32(17-22)14-21(15-32)30(42)43/h1-5,8,13,20-23,41H,6-7,9-12,14-19H2,(H,34,37)(H,42,43)/t21?,22?,23-,32?/m1/s1. The van der Waals surface area contributed by atoms with Crippen molar-refractivity contribution in [1.82, 2.24) is 25.1 Å². The first kappa shape index (κ1) is 26.6. The van der Waals surface area contributed by atoms with Gasteiger partial charge in [-0.15, -0.1) is 10.2 Å². The molecule has 0 unspecified atom stereocenters. The highest BCUT2D eigenvalue weighted by molar-refractivity contribution is 5.76. The summed E-state index contributed by atoms with van der Waals surface area (Å²) in [5, 5.41) is 31.9. The number of carbonyl (C=O) groups is 1. The lowest BCUT2D eigenvalue weighted by molar-refractivity contribution is -0.160. The Hall–Kier alpha value is -3.99. The second-order valence-corrected chi connectivity index (χ2v) is 13.3. The molecule has 2 aromatic heterocycles. The zero-order valence-electron chi connectivity index (χ0n) is 24.3. The highest BCUT2D eigenvalue weighted by Gasteiger charge is 2.56. The average molecular weight is 583 g/mol. The number of rotatable bonds is 5. The number of carboxylic acid groups (broad SMARTS) is 1. The number of para-hydroxylation sites is 1. The minimum atomic E-state index is -0.615. The highest BCUT2D eigenvalue weighted by Crippen LogP contribution is 2.60. The molecule has 5 aliphatic rings. The normalized spacial score (nSPS) is 28.8. The molecule has 3 aromatic rings. The van der Waals surface area contributed by atoms with Gasteiger partial charge in [-0.1, -0.05) is 12.1 Å². The molecule has 0 radical (unpaired) electrons. The number of nitrogens with zero attached hydrogens (tertiary/aromatic N) is 7. The SMILES string of the molecule is O=C(O)C1CC2(C1)CC(N1CCC(c3ccnc(N4CCN5c6cc(-c7ccccc7O)nnc6NC[C@@H]5C4)n3)CC1)C2. The average Bonchev–Trinajstić information content (AvgIpc) is 2.99. The molecule has 2 aliphatic carbocycles. The van der Waals surface area contributed by atoms with Crippen molar-refractivity contribution in [3.05, 3.63) is 48.3 Å². The number of aliphatic carboxylic acids is 1. The van der Waals surface area contributed by atoms with Gasteiger partial charge in [-0.2, -0.15) is 0 Å². The summed E-state index contributed by atoms with van der Waals surface area (Å²) in [5.74, 6) is 1.52. The number of anilines is 3. The van der Waals surface area contributed by atoms with Crippen LogP contribution in [-0.4, -0.2) is 92.6 Å². The van der Waals surface area contributed by atoms with E-state index in [9.17, 15) is 15.0 Å². The number of piperazine rings is 1. The Kier molecular flexibility index (Phi) is 6.39. The lowest BCUT2D eigenvalue weighted by Crippen LogP contribution is -2.58. The van der Waals surface area contributed by atoms with Gasteiger partial charge >= 0.3 is 5.97 Å². The van der Waals surface area contributed by atoms with E-state index in [-0.39, 0.29) is 17.7 Å². The quantitative estimate of drug-likeness (QED) is 0.408. The van der Waals surface area contributed by atoms with Gasteiger partial charge < -0.3 is 30.2 Å². The summed E-state index contributed by atoms with van der Waals surface area (Å²) in [6.07, 6.45) is 8.24. The van der Waals surface area contributed by atoms with Crippen molar-refractivity contribution in [2.75, 3.05) is 54.4 Å². The number of likely N-dealkylation sites (tertiary alicyclic amines) is 1. The van der Waals surface area contributed by atoms with E-state index >= 15 is 0 Å². The fourth-order valence-electron chi connectivity index (χ4n) is 8.29. The highest BCUT2D eigenvalue weighted by atomic mass is 16.4. The van der Waals surface area contributed by atoms with Crippen LogP contribution in [0.25, 0.3) is 11.3 Å². The first-order valence-corrected chi connectivity index (χ1v) is 15.7. The Balaban J connectivity index is 0.894. The van der Waals surface area contributed by atoms with Crippen LogP contribution in [0, 0.1) is 11.3 Å². The van der Waals surface area contributed by atoms with Crippen molar-refractivity contribution in [3.8, 4) is 17.0 Å². The van der Waals surface area contributed by atoms with E-state index in [1.165, 1.54) is 12.8 Å². The van der Waals surface area contributed by atoms with Gasteiger partial charge in [0.15, 0.2) is 5.82 Å². The summed E-state index contributed by atoms with van der Waals surface area (Å²) in [5.41, 5.74) is 3.83. The molecule has 1 atom stereocenters. The van der Waals surface area contributed by atoms with E-state index in [1.54, 1.807) is 12.1 Å². The summed E-state index contributed by atoms with van der Waals surface area (Å²) >= 11 is 0. The molecule has 1 aromatic carbocycles. The molecular weight excluding hydrogens is 544 g/mol. The molecule has 5 heterocycles. The van der Waals surface area contributed by atoms with Crippen molar-refractivity contribution < 1.29 is 15.0 Å². The molecule has 43 heavy (non-hydrogen) atoms. The van der Waals surface area contributed by atoms with Crippen LogP contribution < -0.4 is 15.1 Å². The molecule has 11 nitrogen and oxygen atoms in total. The molecule has 2 saturated carbocycles. The number of nitrogens with one attached hydrogen (secondary N) is 1. The number of piperidine rings is 1. The van der Waals surface area contributed by atoms with Crippen LogP contribution in [-0.2, 0) is 4.79 Å². The second-order valence-electron chi connectivity index (χ2n) is 13.3. The lowest BCUT2D eigenvalue weighted by Gasteiger charge is -2.59. The molecule has 1 spiro atoms. The molecule has 3 aliphatic heterocycles. The summed E-state index contributed by atoms with van der Waals surface area (Å²) < 4.78 is 0. The molecule has 11 heteroatoms. The zero-order chi connectivity index (χ0) is 29.1. The first-order chi connectivity index (χ1) is 20.9. The molecule has 4 fully saturated rings. The number of carboxylic acids is 1. The van der Waals surface area contributed by atoms with E-state index < -0.39 is 5.97 Å². The Morgan fingerprint density at radius 1 is 0.977 bits per heavy atom. The number of hydrogen-bond acceptors (Lipinski definition) is 10. The third kappa shape index (κ3) is 4.74. The topological polar surface area (TPSA) is 131 Å². The second kappa shape index (κ2) is 10.3. The van der Waals surface area contributed by atoms with Crippen LogP contribution in [0.1, 0.15) is 50.1 Å². The van der Waals surface area contributed by atoms with Gasteiger partial charge in [0.2, 0.25) is 5.95 Å². The van der Waals surface area contributed by atoms with Gasteiger partial charge in [0.1, 0.15) is 5.75 Å². The Morgan fingerprint density at radius 2 is 1.79 bits per heavy atom. The van der Waals surface area contributed by atoms with Crippen molar-refractivity contribution in [1.29, 1.82) is 0 Å². The summed E-state index contributed by atoms with van der Waals surface area (Å²) in [6.45, 7) is 5.40. The van der Waals surface area contributed by atoms with Crippen molar-refractivity contribution >= 4 is 23.4 Å². The molecule has 0 amide bonds. The third-order valence-electron chi connectivity index (χ3n) is 10.7. The number of benzene rings is 1. The number of hydrogen-bond donors (Lipinski definition) is 3. The van der Waals surface area contributed by atoms with E-state index in [0.29, 0.717) is 28.6 Å². The van der Waals surface area contributed by atoms with Crippen LogP contribution in [0.3, 0.4) is 0 Å². The number of aromatic hydroxyl groups is 1. The van der Waals surface area contributed by atoms with Gasteiger partial charge in [-0.3, -0.25) is 4.79 Å². The fourth-order valence-corrected chi connectivity index (χ4v) is 8.29. The Morgan fingerprint density at radius 3 is 2.58 bits per heavy atom. The molecule has 2 saturated heterocycles. The predicted molar refractivity (Wildman–Crippen MR) is 162 cm³/mol. The van der Waals surface area contributed by atoms with E-state index in [0.717, 1.165) is 88.1 Å². The van der Waals surface area contributed by atoms with Crippen molar-refractivity contribution in [3.63, 3.8) is 0 Å². The fraction of sp³-hybridized carbons (Fsp3) is 0.531. The molecule has 224 valence electrons. The number of phenols is 1. The van der Waals surface area contributed by atoms with Crippen LogP contribution in [0.2, 0.25) is 0 Å². The van der Waals surface area contributed by atoms with E-state index in [4.69, 9.17) is 9.97 Å². The summed E-state index contributed by atoms with van der Waals surface area (Å²) in [6, 6.07) is 12.2. The van der Waals surface area contributed by atoms with Crippen LogP contribution in [0.5, 0.6) is 5.75 Å². The number of phenolic OH excluding ortho intramolecular Hbond substituents is 1. The van der Waals surface area contributed by atoms with Crippen LogP contribution in [0.15, 0.2) is 42.6 Å². The molecule has 0 bridgehead atoms. The van der Waals surface area contributed by atoms with Crippen LogP contribution >= 0.6 is 0 Å².